The van der Waals surface area contributed by atoms with Crippen LogP contribution in [0, 0.1) is 0 Å². The molecule has 0 bridgehead atoms. The van der Waals surface area contributed by atoms with E-state index in [0.29, 0.717) is 12.0 Å². The van der Waals surface area contributed by atoms with Crippen LogP contribution in [0.4, 0.5) is 0 Å². The molecule has 3 heteroatoms. The van der Waals surface area contributed by atoms with Gasteiger partial charge < -0.3 is 15.4 Å². The Morgan fingerprint density at radius 1 is 1.09 bits per heavy atom. The molecule has 2 atom stereocenters. The van der Waals surface area contributed by atoms with Gasteiger partial charge >= 0.3 is 0 Å². The first-order chi connectivity index (χ1) is 10.9. The van der Waals surface area contributed by atoms with Crippen molar-refractivity contribution in [3.63, 3.8) is 0 Å². The van der Waals surface area contributed by atoms with Gasteiger partial charge in [-0.05, 0) is 24.6 Å². The Morgan fingerprint density at radius 3 is 2.68 bits per heavy atom. The topological polar surface area (TPSA) is 33.3 Å². The fourth-order valence-corrected chi connectivity index (χ4v) is 3.24. The summed E-state index contributed by atoms with van der Waals surface area (Å²) in [5, 5.41) is 7.26. The molecule has 1 aliphatic heterocycles. The lowest BCUT2D eigenvalue weighted by molar-refractivity contribution is 0.337. The molecule has 0 radical (unpaired) electrons. The van der Waals surface area contributed by atoms with Crippen LogP contribution < -0.4 is 15.4 Å². The number of benzene rings is 2. The summed E-state index contributed by atoms with van der Waals surface area (Å²) in [7, 11) is 1.73. The van der Waals surface area contributed by atoms with Gasteiger partial charge in [-0.25, -0.2) is 0 Å². The highest BCUT2D eigenvalue weighted by atomic mass is 16.5. The van der Waals surface area contributed by atoms with Gasteiger partial charge in [0.15, 0.2) is 0 Å². The van der Waals surface area contributed by atoms with Gasteiger partial charge in [0.25, 0.3) is 0 Å². The highest BCUT2D eigenvalue weighted by molar-refractivity contribution is 5.33. The molecule has 0 saturated carbocycles. The molecule has 3 rings (SSSR count). The van der Waals surface area contributed by atoms with Gasteiger partial charge in [0.1, 0.15) is 5.75 Å². The van der Waals surface area contributed by atoms with Crippen molar-refractivity contribution in [1.29, 1.82) is 0 Å². The van der Waals surface area contributed by atoms with Gasteiger partial charge in [-0.15, -0.1) is 0 Å². The van der Waals surface area contributed by atoms with E-state index in [0.717, 1.165) is 31.8 Å². The number of para-hydroxylation sites is 1. The molecule has 0 amide bonds. The van der Waals surface area contributed by atoms with E-state index in [2.05, 4.69) is 53.1 Å². The molecule has 1 aliphatic rings. The number of methoxy groups -OCH3 is 1. The minimum Gasteiger partial charge on any atom is -0.496 e. The van der Waals surface area contributed by atoms with Crippen LogP contribution in [0.3, 0.4) is 0 Å². The molecular formula is C19H24N2O. The van der Waals surface area contributed by atoms with E-state index >= 15 is 0 Å². The summed E-state index contributed by atoms with van der Waals surface area (Å²) in [5.41, 5.74) is 2.63. The Morgan fingerprint density at radius 2 is 1.86 bits per heavy atom. The minimum atomic E-state index is 0.494. The number of hydrogen-bond donors (Lipinski definition) is 2. The molecular weight excluding hydrogens is 272 g/mol. The SMILES string of the molecule is COc1ccccc1CN[C@H]1CCNC[C@@H]1c1ccccc1. The first-order valence-corrected chi connectivity index (χ1v) is 7.99. The van der Waals surface area contributed by atoms with Crippen LogP contribution in [-0.4, -0.2) is 26.2 Å². The van der Waals surface area contributed by atoms with E-state index in [4.69, 9.17) is 4.74 Å². The van der Waals surface area contributed by atoms with Crippen LogP contribution in [0.15, 0.2) is 54.6 Å². The highest BCUT2D eigenvalue weighted by Gasteiger charge is 2.25. The van der Waals surface area contributed by atoms with Crippen molar-refractivity contribution in [2.45, 2.75) is 24.9 Å². The van der Waals surface area contributed by atoms with Crippen LogP contribution in [-0.2, 0) is 6.54 Å². The molecule has 2 aromatic rings. The fraction of sp³-hybridized carbons (Fsp3) is 0.368. The Hall–Kier alpha value is -1.84. The molecule has 1 saturated heterocycles. The van der Waals surface area contributed by atoms with Crippen molar-refractivity contribution in [2.24, 2.45) is 0 Å². The molecule has 3 nitrogen and oxygen atoms in total. The summed E-state index contributed by atoms with van der Waals surface area (Å²) in [6.07, 6.45) is 1.15. The van der Waals surface area contributed by atoms with Gasteiger partial charge in [0.05, 0.1) is 7.11 Å². The predicted octanol–water partition coefficient (Wildman–Crippen LogP) is 2.93. The lowest BCUT2D eigenvalue weighted by Gasteiger charge is -2.33. The van der Waals surface area contributed by atoms with E-state index < -0.39 is 0 Å². The van der Waals surface area contributed by atoms with Gasteiger partial charge in [-0.1, -0.05) is 48.5 Å². The molecule has 2 N–H and O–H groups in total. The fourth-order valence-electron chi connectivity index (χ4n) is 3.24. The number of hydrogen-bond acceptors (Lipinski definition) is 3. The van der Waals surface area contributed by atoms with Crippen molar-refractivity contribution in [2.75, 3.05) is 20.2 Å². The second-order valence-corrected chi connectivity index (χ2v) is 5.81. The molecule has 1 heterocycles. The lowest BCUT2D eigenvalue weighted by Crippen LogP contribution is -2.45. The lowest BCUT2D eigenvalue weighted by atomic mass is 9.87. The van der Waals surface area contributed by atoms with Crippen LogP contribution in [0.2, 0.25) is 0 Å². The van der Waals surface area contributed by atoms with E-state index in [1.54, 1.807) is 7.11 Å². The van der Waals surface area contributed by atoms with Crippen molar-refractivity contribution in [3.05, 3.63) is 65.7 Å². The smallest absolute Gasteiger partial charge is 0.123 e. The molecule has 0 spiro atoms. The summed E-state index contributed by atoms with van der Waals surface area (Å²) in [4.78, 5) is 0. The maximum Gasteiger partial charge on any atom is 0.123 e. The monoisotopic (exact) mass is 296 g/mol. The molecule has 0 aliphatic carbocycles. The van der Waals surface area contributed by atoms with E-state index in [1.165, 1.54) is 11.1 Å². The maximum absolute atomic E-state index is 5.44. The predicted molar refractivity (Wildman–Crippen MR) is 90.3 cm³/mol. The third-order valence-electron chi connectivity index (χ3n) is 4.46. The zero-order valence-corrected chi connectivity index (χ0v) is 13.1. The Labute approximate surface area is 132 Å². The summed E-state index contributed by atoms with van der Waals surface area (Å²) in [6, 6.07) is 19.5. The summed E-state index contributed by atoms with van der Waals surface area (Å²) in [6.45, 7) is 2.96. The van der Waals surface area contributed by atoms with Crippen LogP contribution in [0.1, 0.15) is 23.5 Å². The number of nitrogens with one attached hydrogen (secondary N) is 2. The number of piperidine rings is 1. The normalized spacial score (nSPS) is 21.5. The third-order valence-corrected chi connectivity index (χ3v) is 4.46. The first kappa shape index (κ1) is 15.1. The molecule has 2 aromatic carbocycles. The van der Waals surface area contributed by atoms with Gasteiger partial charge in [0, 0.05) is 30.6 Å². The van der Waals surface area contributed by atoms with Gasteiger partial charge in [0.2, 0.25) is 0 Å². The molecule has 0 aromatic heterocycles. The van der Waals surface area contributed by atoms with E-state index in [1.807, 2.05) is 12.1 Å². The Kier molecular flexibility index (Phi) is 5.09. The summed E-state index contributed by atoms with van der Waals surface area (Å²) < 4.78 is 5.44. The third kappa shape index (κ3) is 3.49. The molecule has 1 fully saturated rings. The second kappa shape index (κ2) is 7.43. The average Bonchev–Trinajstić information content (AvgIpc) is 2.61. The number of ether oxygens (including phenoxy) is 1. The van der Waals surface area contributed by atoms with Gasteiger partial charge in [-0.3, -0.25) is 0 Å². The average molecular weight is 296 g/mol. The second-order valence-electron chi connectivity index (χ2n) is 5.81. The van der Waals surface area contributed by atoms with E-state index in [9.17, 15) is 0 Å². The summed E-state index contributed by atoms with van der Waals surface area (Å²) >= 11 is 0. The minimum absolute atomic E-state index is 0.494. The largest absolute Gasteiger partial charge is 0.496 e. The Balaban J connectivity index is 1.69. The highest BCUT2D eigenvalue weighted by Crippen LogP contribution is 2.25. The van der Waals surface area contributed by atoms with Crippen LogP contribution in [0.5, 0.6) is 5.75 Å². The van der Waals surface area contributed by atoms with Crippen molar-refractivity contribution in [3.8, 4) is 5.75 Å². The zero-order valence-electron chi connectivity index (χ0n) is 13.1. The van der Waals surface area contributed by atoms with Gasteiger partial charge in [-0.2, -0.15) is 0 Å². The molecule has 0 unspecified atom stereocenters. The van der Waals surface area contributed by atoms with E-state index in [-0.39, 0.29) is 0 Å². The van der Waals surface area contributed by atoms with Crippen LogP contribution >= 0.6 is 0 Å². The van der Waals surface area contributed by atoms with Crippen molar-refractivity contribution >= 4 is 0 Å². The summed E-state index contributed by atoms with van der Waals surface area (Å²) in [5.74, 6) is 1.48. The quantitative estimate of drug-likeness (QED) is 0.890. The number of rotatable bonds is 5. The molecule has 22 heavy (non-hydrogen) atoms. The standard InChI is InChI=1S/C19H24N2O/c1-22-19-10-6-5-9-16(19)13-21-18-11-12-20-14-17(18)15-7-3-2-4-8-15/h2-10,17-18,20-21H,11-14H2,1H3/t17-,18+/m1/s1. The maximum atomic E-state index is 5.44. The van der Waals surface area contributed by atoms with Crippen molar-refractivity contribution in [1.82, 2.24) is 10.6 Å². The van der Waals surface area contributed by atoms with Crippen molar-refractivity contribution < 1.29 is 4.74 Å². The Bertz CT molecular complexity index is 585. The van der Waals surface area contributed by atoms with Crippen LogP contribution in [0.25, 0.3) is 0 Å². The first-order valence-electron chi connectivity index (χ1n) is 7.99. The molecule has 116 valence electrons. The zero-order chi connectivity index (χ0) is 15.2.